The number of thiophene rings is 1. The molecule has 0 aliphatic carbocycles. The van der Waals surface area contributed by atoms with Crippen LogP contribution in [0.4, 0.5) is 0 Å². The SMILES string of the molecule is CN(C)/C=C(\C#N)C(=O)c1ccsc1. The summed E-state index contributed by atoms with van der Waals surface area (Å²) in [5.41, 5.74) is 0.734. The van der Waals surface area contributed by atoms with Crippen molar-refractivity contribution in [2.24, 2.45) is 0 Å². The Kier molecular flexibility index (Phi) is 3.43. The molecule has 1 rings (SSSR count). The second-order valence-corrected chi connectivity index (χ2v) is 3.74. The highest BCUT2D eigenvalue weighted by atomic mass is 32.1. The average molecular weight is 206 g/mol. The smallest absolute Gasteiger partial charge is 0.205 e. The van der Waals surface area contributed by atoms with E-state index in [0.717, 1.165) is 0 Å². The Hall–Kier alpha value is -1.60. The summed E-state index contributed by atoms with van der Waals surface area (Å²) in [4.78, 5) is 13.3. The summed E-state index contributed by atoms with van der Waals surface area (Å²) in [5.74, 6) is -0.220. The lowest BCUT2D eigenvalue weighted by Crippen LogP contribution is -2.08. The van der Waals surface area contributed by atoms with Gasteiger partial charge in [-0.1, -0.05) is 0 Å². The fourth-order valence-corrected chi connectivity index (χ4v) is 1.58. The normalized spacial score (nSPS) is 10.8. The number of ketones is 1. The molecule has 0 aliphatic rings. The quantitative estimate of drug-likeness (QED) is 0.431. The van der Waals surface area contributed by atoms with Crippen molar-refractivity contribution in [1.82, 2.24) is 4.90 Å². The van der Waals surface area contributed by atoms with Crippen molar-refractivity contribution in [2.45, 2.75) is 0 Å². The Bertz CT molecular complexity index is 385. The van der Waals surface area contributed by atoms with E-state index >= 15 is 0 Å². The monoisotopic (exact) mass is 206 g/mol. The van der Waals surface area contributed by atoms with Gasteiger partial charge in [0.1, 0.15) is 11.6 Å². The highest BCUT2D eigenvalue weighted by molar-refractivity contribution is 7.08. The molecule has 1 heterocycles. The van der Waals surface area contributed by atoms with Gasteiger partial charge in [0, 0.05) is 31.2 Å². The van der Waals surface area contributed by atoms with Crippen LogP contribution in [0.3, 0.4) is 0 Å². The van der Waals surface area contributed by atoms with E-state index in [9.17, 15) is 4.79 Å². The van der Waals surface area contributed by atoms with Crippen LogP contribution in [0.5, 0.6) is 0 Å². The summed E-state index contributed by atoms with van der Waals surface area (Å²) in [6, 6.07) is 3.61. The molecular formula is C10H10N2OS. The summed E-state index contributed by atoms with van der Waals surface area (Å²) in [6.07, 6.45) is 1.53. The van der Waals surface area contributed by atoms with Crippen LogP contribution in [-0.2, 0) is 0 Å². The van der Waals surface area contributed by atoms with Crippen LogP contribution < -0.4 is 0 Å². The summed E-state index contributed by atoms with van der Waals surface area (Å²) < 4.78 is 0. The van der Waals surface area contributed by atoms with E-state index in [1.807, 2.05) is 11.4 Å². The van der Waals surface area contributed by atoms with E-state index in [1.165, 1.54) is 17.5 Å². The van der Waals surface area contributed by atoms with Crippen LogP contribution in [0.2, 0.25) is 0 Å². The van der Waals surface area contributed by atoms with Crippen LogP contribution in [0.1, 0.15) is 10.4 Å². The minimum Gasteiger partial charge on any atom is -0.382 e. The molecule has 0 fully saturated rings. The Balaban J connectivity index is 2.94. The van der Waals surface area contributed by atoms with Crippen LogP contribution in [0.15, 0.2) is 28.6 Å². The first-order valence-corrected chi connectivity index (χ1v) is 4.94. The number of nitriles is 1. The number of carbonyl (C=O) groups excluding carboxylic acids is 1. The number of hydrogen-bond acceptors (Lipinski definition) is 4. The van der Waals surface area contributed by atoms with Gasteiger partial charge in [-0.25, -0.2) is 0 Å². The van der Waals surface area contributed by atoms with Gasteiger partial charge in [-0.15, -0.1) is 0 Å². The van der Waals surface area contributed by atoms with Gasteiger partial charge >= 0.3 is 0 Å². The molecule has 1 aromatic rings. The topological polar surface area (TPSA) is 44.1 Å². The van der Waals surface area contributed by atoms with E-state index < -0.39 is 0 Å². The first-order valence-electron chi connectivity index (χ1n) is 4.00. The molecule has 0 radical (unpaired) electrons. The maximum Gasteiger partial charge on any atom is 0.205 e. The van der Waals surface area contributed by atoms with E-state index in [0.29, 0.717) is 5.56 Å². The third-order valence-electron chi connectivity index (χ3n) is 1.54. The van der Waals surface area contributed by atoms with E-state index in [1.54, 1.807) is 30.4 Å². The fourth-order valence-electron chi connectivity index (χ4n) is 0.946. The number of allylic oxidation sites excluding steroid dienone is 1. The van der Waals surface area contributed by atoms with Crippen molar-refractivity contribution in [2.75, 3.05) is 14.1 Å². The van der Waals surface area contributed by atoms with E-state index in [2.05, 4.69) is 0 Å². The molecule has 0 aromatic carbocycles. The van der Waals surface area contributed by atoms with Crippen molar-refractivity contribution in [3.63, 3.8) is 0 Å². The number of rotatable bonds is 3. The minimum absolute atomic E-state index is 0.161. The molecule has 14 heavy (non-hydrogen) atoms. The lowest BCUT2D eigenvalue weighted by Gasteiger charge is -2.04. The first-order chi connectivity index (χ1) is 6.65. The number of nitrogens with zero attached hydrogens (tertiary/aromatic N) is 2. The van der Waals surface area contributed by atoms with Crippen molar-refractivity contribution in [3.05, 3.63) is 34.2 Å². The zero-order valence-electron chi connectivity index (χ0n) is 8.02. The Labute approximate surface area is 86.9 Å². The van der Waals surface area contributed by atoms with Gasteiger partial charge in [0.15, 0.2) is 0 Å². The number of carbonyl (C=O) groups is 1. The minimum atomic E-state index is -0.220. The van der Waals surface area contributed by atoms with Gasteiger partial charge < -0.3 is 4.90 Å². The summed E-state index contributed by atoms with van der Waals surface area (Å²) in [5, 5.41) is 12.3. The maximum atomic E-state index is 11.7. The van der Waals surface area contributed by atoms with Crippen molar-refractivity contribution in [3.8, 4) is 6.07 Å². The van der Waals surface area contributed by atoms with Gasteiger partial charge in [0.25, 0.3) is 0 Å². The average Bonchev–Trinajstić information content (AvgIpc) is 2.65. The third-order valence-corrected chi connectivity index (χ3v) is 2.22. The molecule has 0 N–H and O–H groups in total. The Morgan fingerprint density at radius 1 is 1.64 bits per heavy atom. The molecule has 0 aliphatic heterocycles. The van der Waals surface area contributed by atoms with Crippen LogP contribution in [0.25, 0.3) is 0 Å². The van der Waals surface area contributed by atoms with Gasteiger partial charge in [0.2, 0.25) is 5.78 Å². The molecule has 0 spiro atoms. The van der Waals surface area contributed by atoms with Crippen molar-refractivity contribution < 1.29 is 4.79 Å². The van der Waals surface area contributed by atoms with Crippen LogP contribution >= 0.6 is 11.3 Å². The zero-order valence-corrected chi connectivity index (χ0v) is 8.84. The largest absolute Gasteiger partial charge is 0.382 e. The molecule has 0 saturated carbocycles. The van der Waals surface area contributed by atoms with Gasteiger partial charge in [0.05, 0.1) is 0 Å². The molecule has 0 saturated heterocycles. The second kappa shape index (κ2) is 4.58. The molecular weight excluding hydrogens is 196 g/mol. The predicted molar refractivity (Wildman–Crippen MR) is 56.0 cm³/mol. The van der Waals surface area contributed by atoms with Crippen LogP contribution in [0, 0.1) is 11.3 Å². The highest BCUT2D eigenvalue weighted by Crippen LogP contribution is 2.11. The summed E-state index contributed by atoms with van der Waals surface area (Å²) >= 11 is 1.44. The predicted octanol–water partition coefficient (Wildman–Crippen LogP) is 1.90. The van der Waals surface area contributed by atoms with Gasteiger partial charge in [-0.2, -0.15) is 16.6 Å². The molecule has 0 atom stereocenters. The van der Waals surface area contributed by atoms with E-state index in [-0.39, 0.29) is 11.4 Å². The van der Waals surface area contributed by atoms with Crippen molar-refractivity contribution in [1.29, 1.82) is 5.26 Å². The molecule has 3 nitrogen and oxygen atoms in total. The molecule has 0 amide bonds. The summed E-state index contributed by atoms with van der Waals surface area (Å²) in [6.45, 7) is 0. The third kappa shape index (κ3) is 2.44. The standard InChI is InChI=1S/C10H10N2OS/c1-12(2)6-9(5-11)10(13)8-3-4-14-7-8/h3-4,6-7H,1-2H3/b9-6+. The molecule has 1 aromatic heterocycles. The first kappa shape index (κ1) is 10.5. The van der Waals surface area contributed by atoms with Gasteiger partial charge in [-0.05, 0) is 11.4 Å². The molecule has 4 heteroatoms. The van der Waals surface area contributed by atoms with Gasteiger partial charge in [-0.3, -0.25) is 4.79 Å². The summed E-state index contributed by atoms with van der Waals surface area (Å²) in [7, 11) is 3.55. The lowest BCUT2D eigenvalue weighted by atomic mass is 10.1. The zero-order chi connectivity index (χ0) is 10.6. The fraction of sp³-hybridized carbons (Fsp3) is 0.200. The highest BCUT2D eigenvalue weighted by Gasteiger charge is 2.12. The van der Waals surface area contributed by atoms with Crippen LogP contribution in [-0.4, -0.2) is 24.8 Å². The molecule has 72 valence electrons. The van der Waals surface area contributed by atoms with Crippen molar-refractivity contribution >= 4 is 17.1 Å². The second-order valence-electron chi connectivity index (χ2n) is 2.96. The number of Topliss-reactive ketones (excluding diaryl/α,β-unsaturated/α-hetero) is 1. The Morgan fingerprint density at radius 3 is 2.79 bits per heavy atom. The Morgan fingerprint density at radius 2 is 2.36 bits per heavy atom. The number of hydrogen-bond donors (Lipinski definition) is 0. The lowest BCUT2D eigenvalue weighted by molar-refractivity contribution is 0.103. The molecule has 0 unspecified atom stereocenters. The van der Waals surface area contributed by atoms with E-state index in [4.69, 9.17) is 5.26 Å². The molecule has 0 bridgehead atoms. The maximum absolute atomic E-state index is 11.7.